The van der Waals surface area contributed by atoms with E-state index in [-0.39, 0.29) is 13.5 Å². The van der Waals surface area contributed by atoms with Crippen LogP contribution >= 0.6 is 7.92 Å². The Kier molecular flexibility index (Phi) is 6.79. The molecule has 0 N–H and O–H groups in total. The van der Waals surface area contributed by atoms with Gasteiger partial charge in [-0.15, -0.1) is 0 Å². The Morgan fingerprint density at radius 3 is 1.75 bits per heavy atom. The van der Waals surface area contributed by atoms with Crippen LogP contribution in [0.3, 0.4) is 0 Å². The van der Waals surface area contributed by atoms with Crippen molar-refractivity contribution in [3.63, 3.8) is 0 Å². The molecule has 0 saturated heterocycles. The Labute approximate surface area is 104 Å². The zero-order valence-electron chi connectivity index (χ0n) is 12.4. The van der Waals surface area contributed by atoms with E-state index in [2.05, 4.69) is 61.6 Å². The molecule has 96 valence electrons. The molecule has 2 heteroatoms. The van der Waals surface area contributed by atoms with Gasteiger partial charge in [0.25, 0.3) is 0 Å². The Balaban J connectivity index is 4.75. The summed E-state index contributed by atoms with van der Waals surface area (Å²) < 4.78 is 0. The Bertz CT molecular complexity index is 205. The molecule has 0 spiro atoms. The van der Waals surface area contributed by atoms with E-state index in [0.717, 1.165) is 11.3 Å². The third-order valence-electron chi connectivity index (χ3n) is 2.63. The lowest BCUT2D eigenvalue weighted by atomic mass is 10.1. The van der Waals surface area contributed by atoms with Crippen molar-refractivity contribution >= 4 is 14.1 Å². The summed E-state index contributed by atoms with van der Waals surface area (Å²) in [5, 5.41) is 0. The lowest BCUT2D eigenvalue weighted by Crippen LogP contribution is -2.20. The molecule has 0 aliphatic rings. The van der Waals surface area contributed by atoms with Crippen molar-refractivity contribution in [3.05, 3.63) is 0 Å². The van der Waals surface area contributed by atoms with Crippen molar-refractivity contribution in [3.8, 4) is 0 Å². The SMILES string of the molecule is CC[C@H](C=NC(C)(C)C)P(C(C)C)C(C)C. The summed E-state index contributed by atoms with van der Waals surface area (Å²) in [6.07, 6.45) is 3.47. The molecule has 0 aromatic carbocycles. The highest BCUT2D eigenvalue weighted by Crippen LogP contribution is 2.51. The molecule has 1 nitrogen and oxygen atoms in total. The van der Waals surface area contributed by atoms with Gasteiger partial charge in [-0.05, 0) is 38.5 Å². The topological polar surface area (TPSA) is 12.4 Å². The smallest absolute Gasteiger partial charge is 0.0520 e. The molecule has 0 aliphatic carbocycles. The Morgan fingerprint density at radius 2 is 1.50 bits per heavy atom. The molecule has 0 aliphatic heterocycles. The zero-order valence-corrected chi connectivity index (χ0v) is 13.3. The van der Waals surface area contributed by atoms with Crippen LogP contribution in [0, 0.1) is 0 Å². The fraction of sp³-hybridized carbons (Fsp3) is 0.929. The molecule has 16 heavy (non-hydrogen) atoms. The van der Waals surface area contributed by atoms with Crippen LogP contribution in [0.25, 0.3) is 0 Å². The highest BCUT2D eigenvalue weighted by atomic mass is 31.1. The average Bonchev–Trinajstić information content (AvgIpc) is 2.08. The van der Waals surface area contributed by atoms with E-state index >= 15 is 0 Å². The summed E-state index contributed by atoms with van der Waals surface area (Å²) in [5.74, 6) is 0. The van der Waals surface area contributed by atoms with E-state index in [9.17, 15) is 0 Å². The molecule has 0 saturated carbocycles. The van der Waals surface area contributed by atoms with Crippen molar-refractivity contribution in [2.45, 2.75) is 84.3 Å². The summed E-state index contributed by atoms with van der Waals surface area (Å²) in [6, 6.07) is 0. The second-order valence-corrected chi connectivity index (χ2v) is 9.68. The molecule has 0 radical (unpaired) electrons. The molecule has 0 fully saturated rings. The fourth-order valence-electron chi connectivity index (χ4n) is 2.07. The van der Waals surface area contributed by atoms with Crippen LogP contribution in [0.15, 0.2) is 4.99 Å². The maximum Gasteiger partial charge on any atom is 0.0520 e. The van der Waals surface area contributed by atoms with Gasteiger partial charge < -0.3 is 0 Å². The van der Waals surface area contributed by atoms with Gasteiger partial charge in [0.05, 0.1) is 5.54 Å². The summed E-state index contributed by atoms with van der Waals surface area (Å²) in [6.45, 7) is 18.2. The van der Waals surface area contributed by atoms with E-state index in [1.165, 1.54) is 6.42 Å². The third-order valence-corrected chi connectivity index (χ3v) is 6.28. The van der Waals surface area contributed by atoms with E-state index < -0.39 is 0 Å². The second-order valence-electron chi connectivity index (χ2n) is 6.06. The van der Waals surface area contributed by atoms with Gasteiger partial charge in [0.1, 0.15) is 0 Å². The van der Waals surface area contributed by atoms with Crippen molar-refractivity contribution in [1.29, 1.82) is 0 Å². The first-order valence-electron chi connectivity index (χ1n) is 6.51. The molecular formula is C14H30NP. The molecule has 0 bridgehead atoms. The van der Waals surface area contributed by atoms with Gasteiger partial charge >= 0.3 is 0 Å². The highest BCUT2D eigenvalue weighted by molar-refractivity contribution is 7.60. The minimum Gasteiger partial charge on any atom is -0.291 e. The average molecular weight is 243 g/mol. The predicted molar refractivity (Wildman–Crippen MR) is 79.5 cm³/mol. The molecule has 0 heterocycles. The summed E-state index contributed by atoms with van der Waals surface area (Å²) in [5.41, 5.74) is 2.36. The van der Waals surface area contributed by atoms with Gasteiger partial charge in [-0.1, -0.05) is 42.5 Å². The number of aliphatic imine (C=N–C) groups is 1. The highest BCUT2D eigenvalue weighted by Gasteiger charge is 2.24. The molecule has 0 unspecified atom stereocenters. The lowest BCUT2D eigenvalue weighted by Gasteiger charge is -2.32. The second kappa shape index (κ2) is 6.74. The van der Waals surface area contributed by atoms with Gasteiger partial charge in [-0.3, -0.25) is 4.99 Å². The van der Waals surface area contributed by atoms with Gasteiger partial charge in [-0.2, -0.15) is 0 Å². The maximum absolute atomic E-state index is 4.70. The van der Waals surface area contributed by atoms with E-state index in [0.29, 0.717) is 5.66 Å². The lowest BCUT2D eigenvalue weighted by molar-refractivity contribution is 0.584. The van der Waals surface area contributed by atoms with Crippen LogP contribution in [-0.4, -0.2) is 28.7 Å². The third kappa shape index (κ3) is 5.99. The monoisotopic (exact) mass is 243 g/mol. The van der Waals surface area contributed by atoms with Gasteiger partial charge in [-0.25, -0.2) is 0 Å². The molecular weight excluding hydrogens is 213 g/mol. The number of hydrogen-bond donors (Lipinski definition) is 0. The maximum atomic E-state index is 4.70. The van der Waals surface area contributed by atoms with Crippen LogP contribution in [0.4, 0.5) is 0 Å². The van der Waals surface area contributed by atoms with E-state index in [4.69, 9.17) is 4.99 Å². The normalized spacial score (nSPS) is 15.7. The van der Waals surface area contributed by atoms with E-state index in [1.807, 2.05) is 0 Å². The van der Waals surface area contributed by atoms with Gasteiger partial charge in [0, 0.05) is 11.9 Å². The molecule has 0 amide bonds. The first-order valence-corrected chi connectivity index (χ1v) is 8.06. The molecule has 0 aromatic rings. The van der Waals surface area contributed by atoms with Gasteiger partial charge in [0.15, 0.2) is 0 Å². The van der Waals surface area contributed by atoms with Crippen molar-refractivity contribution in [2.75, 3.05) is 0 Å². The van der Waals surface area contributed by atoms with Crippen molar-refractivity contribution < 1.29 is 0 Å². The summed E-state index contributed by atoms with van der Waals surface area (Å²) in [4.78, 5) is 4.70. The Morgan fingerprint density at radius 1 is 1.06 bits per heavy atom. The van der Waals surface area contributed by atoms with Crippen LogP contribution in [-0.2, 0) is 0 Å². The largest absolute Gasteiger partial charge is 0.291 e. The number of rotatable bonds is 5. The standard InChI is InChI=1S/C14H30NP/c1-9-13(10-15-14(6,7)8)16(11(2)3)12(4)5/h10-13H,9H2,1-8H3/t13-/m1/s1. The summed E-state index contributed by atoms with van der Waals surface area (Å²) >= 11 is 0. The fourth-order valence-corrected chi connectivity index (χ4v) is 5.43. The minimum absolute atomic E-state index is 0.0555. The van der Waals surface area contributed by atoms with Crippen molar-refractivity contribution in [1.82, 2.24) is 0 Å². The van der Waals surface area contributed by atoms with Crippen LogP contribution in [0.5, 0.6) is 0 Å². The van der Waals surface area contributed by atoms with Crippen LogP contribution in [0.2, 0.25) is 0 Å². The molecule has 0 aromatic heterocycles. The first kappa shape index (κ1) is 16.1. The van der Waals surface area contributed by atoms with Crippen molar-refractivity contribution in [2.24, 2.45) is 4.99 Å². The first-order chi connectivity index (χ1) is 7.19. The molecule has 0 rings (SSSR count). The summed E-state index contributed by atoms with van der Waals surface area (Å²) in [7, 11) is 0.0555. The van der Waals surface area contributed by atoms with Gasteiger partial charge in [0.2, 0.25) is 0 Å². The van der Waals surface area contributed by atoms with Crippen LogP contribution in [0.1, 0.15) is 61.8 Å². The number of hydrogen-bond acceptors (Lipinski definition) is 1. The predicted octanol–water partition coefficient (Wildman–Crippen LogP) is 4.93. The Hall–Kier alpha value is 0.100. The van der Waals surface area contributed by atoms with E-state index in [1.54, 1.807) is 0 Å². The quantitative estimate of drug-likeness (QED) is 0.479. The van der Waals surface area contributed by atoms with Crippen LogP contribution < -0.4 is 0 Å². The zero-order chi connectivity index (χ0) is 12.9. The molecule has 1 atom stereocenters. The number of nitrogens with zero attached hydrogens (tertiary/aromatic N) is 1. The minimum atomic E-state index is 0.0555.